The van der Waals surface area contributed by atoms with Gasteiger partial charge in [-0.15, -0.1) is 0 Å². The molecule has 128 valence electrons. The van der Waals surface area contributed by atoms with E-state index >= 15 is 0 Å². The number of hydrogen-bond donors (Lipinski definition) is 1. The van der Waals surface area contributed by atoms with Crippen LogP contribution in [0.2, 0.25) is 0 Å². The molecule has 1 aliphatic carbocycles. The van der Waals surface area contributed by atoms with Crippen molar-refractivity contribution in [1.82, 2.24) is 5.32 Å². The summed E-state index contributed by atoms with van der Waals surface area (Å²) in [7, 11) is 0. The molecule has 0 fully saturated rings. The maximum absolute atomic E-state index is 11.9. The third-order valence-corrected chi connectivity index (χ3v) is 4.58. The number of carbonyl (C=O) groups excluding carboxylic acids is 1. The largest absolute Gasteiger partial charge is 0.449 e. The molecule has 0 atom stereocenters. The van der Waals surface area contributed by atoms with E-state index in [4.69, 9.17) is 10.00 Å². The molecule has 4 nitrogen and oxygen atoms in total. The number of benzene rings is 2. The summed E-state index contributed by atoms with van der Waals surface area (Å²) < 4.78 is 5.46. The average molecular weight is 334 g/mol. The maximum atomic E-state index is 11.9. The van der Waals surface area contributed by atoms with Crippen LogP contribution in [0.3, 0.4) is 0 Å². The topological polar surface area (TPSA) is 62.1 Å². The molecule has 1 aliphatic rings. The zero-order valence-corrected chi connectivity index (χ0v) is 14.2. The van der Waals surface area contributed by atoms with Crippen molar-refractivity contribution in [3.63, 3.8) is 0 Å². The van der Waals surface area contributed by atoms with Crippen molar-refractivity contribution in [3.8, 4) is 17.2 Å². The monoisotopic (exact) mass is 334 g/mol. The van der Waals surface area contributed by atoms with Crippen LogP contribution < -0.4 is 5.32 Å². The van der Waals surface area contributed by atoms with Crippen LogP contribution in [0.25, 0.3) is 11.1 Å². The predicted molar refractivity (Wildman–Crippen MR) is 97.2 cm³/mol. The summed E-state index contributed by atoms with van der Waals surface area (Å²) in [6, 6.07) is 18.7. The molecule has 0 aromatic heterocycles. The first-order valence-corrected chi connectivity index (χ1v) is 8.77. The second-order valence-electron chi connectivity index (χ2n) is 6.22. The molecule has 0 spiro atoms. The molecule has 0 bridgehead atoms. The fourth-order valence-electron chi connectivity index (χ4n) is 3.35. The smallest absolute Gasteiger partial charge is 0.407 e. The summed E-state index contributed by atoms with van der Waals surface area (Å²) >= 11 is 0. The lowest BCUT2D eigenvalue weighted by atomic mass is 9.98. The highest BCUT2D eigenvalue weighted by atomic mass is 16.5. The molecule has 0 unspecified atom stereocenters. The molecule has 0 radical (unpaired) electrons. The summed E-state index contributed by atoms with van der Waals surface area (Å²) in [4.78, 5) is 11.9. The third-order valence-electron chi connectivity index (χ3n) is 4.58. The van der Waals surface area contributed by atoms with Crippen LogP contribution >= 0.6 is 0 Å². The van der Waals surface area contributed by atoms with E-state index < -0.39 is 0 Å². The van der Waals surface area contributed by atoms with Gasteiger partial charge in [-0.1, -0.05) is 55.0 Å². The summed E-state index contributed by atoms with van der Waals surface area (Å²) in [5.41, 5.74) is 4.88. The Balaban J connectivity index is 1.53. The number of amides is 1. The standard InChI is InChI=1S/C21H22N2O2/c22-13-7-1-2-8-14-23-21(24)25-15-20-18-11-5-3-9-16(18)17-10-4-6-12-19(17)20/h3-6,9-12,20H,1-2,7-8,14-15H2,(H,23,24). The molecule has 0 saturated carbocycles. The maximum Gasteiger partial charge on any atom is 0.407 e. The van der Waals surface area contributed by atoms with Gasteiger partial charge in [0.05, 0.1) is 6.07 Å². The molecule has 4 heteroatoms. The minimum absolute atomic E-state index is 0.0915. The fraction of sp³-hybridized carbons (Fsp3) is 0.333. The minimum atomic E-state index is -0.373. The van der Waals surface area contributed by atoms with Gasteiger partial charge in [0.2, 0.25) is 0 Å². The third kappa shape index (κ3) is 4.00. The van der Waals surface area contributed by atoms with E-state index in [9.17, 15) is 4.79 Å². The molecular weight excluding hydrogens is 312 g/mol. The quantitative estimate of drug-likeness (QED) is 0.752. The molecule has 25 heavy (non-hydrogen) atoms. The van der Waals surface area contributed by atoms with E-state index in [-0.39, 0.29) is 12.0 Å². The summed E-state index contributed by atoms with van der Waals surface area (Å²) in [5, 5.41) is 11.3. The summed E-state index contributed by atoms with van der Waals surface area (Å²) in [6.45, 7) is 0.927. The second-order valence-corrected chi connectivity index (χ2v) is 6.22. The van der Waals surface area contributed by atoms with Gasteiger partial charge in [0.1, 0.15) is 6.61 Å². The summed E-state index contributed by atoms with van der Waals surface area (Å²) in [5.74, 6) is 0.0915. The van der Waals surface area contributed by atoms with Gasteiger partial charge in [0.25, 0.3) is 0 Å². The van der Waals surface area contributed by atoms with Crippen LogP contribution in [-0.4, -0.2) is 19.2 Å². The number of rotatable bonds is 7. The number of nitrogens with zero attached hydrogens (tertiary/aromatic N) is 1. The molecule has 1 amide bonds. The van der Waals surface area contributed by atoms with Crippen LogP contribution in [-0.2, 0) is 4.74 Å². The summed E-state index contributed by atoms with van der Waals surface area (Å²) in [6.07, 6.45) is 2.89. The first kappa shape index (κ1) is 17.0. The van der Waals surface area contributed by atoms with E-state index in [2.05, 4.69) is 35.7 Å². The lowest BCUT2D eigenvalue weighted by Gasteiger charge is -2.14. The van der Waals surface area contributed by atoms with Crippen molar-refractivity contribution in [2.75, 3.05) is 13.2 Å². The average Bonchev–Trinajstić information content (AvgIpc) is 2.97. The first-order valence-electron chi connectivity index (χ1n) is 8.77. The van der Waals surface area contributed by atoms with Crippen molar-refractivity contribution in [2.45, 2.75) is 31.6 Å². The number of alkyl carbamates (subject to hydrolysis) is 1. The van der Waals surface area contributed by atoms with Gasteiger partial charge < -0.3 is 10.1 Å². The van der Waals surface area contributed by atoms with Crippen molar-refractivity contribution in [3.05, 3.63) is 59.7 Å². The normalized spacial score (nSPS) is 12.1. The molecule has 0 saturated heterocycles. The number of ether oxygens (including phenoxy) is 1. The Labute approximate surface area is 148 Å². The number of nitrogens with one attached hydrogen (secondary N) is 1. The predicted octanol–water partition coefficient (Wildman–Crippen LogP) is 4.61. The zero-order chi connectivity index (χ0) is 17.5. The fourth-order valence-corrected chi connectivity index (χ4v) is 3.35. The number of carbonyl (C=O) groups is 1. The number of unbranched alkanes of at least 4 members (excludes halogenated alkanes) is 3. The Kier molecular flexibility index (Phi) is 5.69. The molecular formula is C21H22N2O2. The molecule has 2 aromatic carbocycles. The lowest BCUT2D eigenvalue weighted by Crippen LogP contribution is -2.27. The van der Waals surface area contributed by atoms with E-state index in [1.54, 1.807) is 0 Å². The van der Waals surface area contributed by atoms with Crippen molar-refractivity contribution in [2.24, 2.45) is 0 Å². The highest BCUT2D eigenvalue weighted by molar-refractivity contribution is 5.79. The van der Waals surface area contributed by atoms with Gasteiger partial charge in [-0.25, -0.2) is 4.79 Å². The van der Waals surface area contributed by atoms with Crippen LogP contribution in [0.4, 0.5) is 4.79 Å². The molecule has 1 N–H and O–H groups in total. The molecule has 0 heterocycles. The molecule has 0 aliphatic heterocycles. The lowest BCUT2D eigenvalue weighted by molar-refractivity contribution is 0.143. The van der Waals surface area contributed by atoms with Crippen LogP contribution in [0.5, 0.6) is 0 Å². The first-order chi connectivity index (χ1) is 12.3. The SMILES string of the molecule is N#CCCCCCNC(=O)OCC1c2ccccc2-c2ccccc21. The Hall–Kier alpha value is -2.80. The van der Waals surface area contributed by atoms with Gasteiger partial charge in [-0.3, -0.25) is 0 Å². The molecule has 3 rings (SSSR count). The van der Waals surface area contributed by atoms with E-state index in [1.165, 1.54) is 22.3 Å². The Morgan fingerprint density at radius 3 is 2.28 bits per heavy atom. The van der Waals surface area contributed by atoms with Gasteiger partial charge in [0.15, 0.2) is 0 Å². The Morgan fingerprint density at radius 2 is 1.64 bits per heavy atom. The van der Waals surface area contributed by atoms with Crippen LogP contribution in [0.15, 0.2) is 48.5 Å². The van der Waals surface area contributed by atoms with E-state index in [0.29, 0.717) is 19.6 Å². The van der Waals surface area contributed by atoms with Crippen molar-refractivity contribution in [1.29, 1.82) is 5.26 Å². The Bertz CT molecular complexity index is 734. The highest BCUT2D eigenvalue weighted by Crippen LogP contribution is 2.44. The minimum Gasteiger partial charge on any atom is -0.449 e. The van der Waals surface area contributed by atoms with Gasteiger partial charge in [-0.2, -0.15) is 5.26 Å². The highest BCUT2D eigenvalue weighted by Gasteiger charge is 2.28. The van der Waals surface area contributed by atoms with Gasteiger partial charge >= 0.3 is 6.09 Å². The van der Waals surface area contributed by atoms with Crippen LogP contribution in [0.1, 0.15) is 42.7 Å². The molecule has 2 aromatic rings. The van der Waals surface area contributed by atoms with Gasteiger partial charge in [-0.05, 0) is 35.1 Å². The Morgan fingerprint density at radius 1 is 1.00 bits per heavy atom. The number of fused-ring (bicyclic) bond motifs is 3. The second kappa shape index (κ2) is 8.34. The van der Waals surface area contributed by atoms with E-state index in [1.807, 2.05) is 24.3 Å². The van der Waals surface area contributed by atoms with Crippen molar-refractivity contribution < 1.29 is 9.53 Å². The van der Waals surface area contributed by atoms with Crippen molar-refractivity contribution >= 4 is 6.09 Å². The van der Waals surface area contributed by atoms with Gasteiger partial charge in [0, 0.05) is 18.9 Å². The zero-order valence-electron chi connectivity index (χ0n) is 14.2. The number of hydrogen-bond acceptors (Lipinski definition) is 3. The van der Waals surface area contributed by atoms with E-state index in [0.717, 1.165) is 19.3 Å². The number of nitriles is 1. The van der Waals surface area contributed by atoms with Crippen LogP contribution in [0, 0.1) is 11.3 Å².